The summed E-state index contributed by atoms with van der Waals surface area (Å²) in [5.74, 6) is -0.0564. The highest BCUT2D eigenvalue weighted by atomic mass is 35.5. The molecule has 3 heteroatoms. The quantitative estimate of drug-likeness (QED) is 0.823. The van der Waals surface area contributed by atoms with Gasteiger partial charge in [0.1, 0.15) is 5.82 Å². The lowest BCUT2D eigenvalue weighted by Gasteiger charge is -2.15. The van der Waals surface area contributed by atoms with E-state index in [1.54, 1.807) is 6.07 Å². The van der Waals surface area contributed by atoms with Gasteiger partial charge in [-0.15, -0.1) is 0 Å². The van der Waals surface area contributed by atoms with Crippen LogP contribution in [0, 0.1) is 5.82 Å². The van der Waals surface area contributed by atoms with Crippen molar-refractivity contribution in [1.82, 2.24) is 0 Å². The Balaban J connectivity index is 2.88. The largest absolute Gasteiger partial charge is 0.328 e. The van der Waals surface area contributed by atoms with E-state index in [0.717, 1.165) is 12.0 Å². The topological polar surface area (TPSA) is 26.0 Å². The summed E-state index contributed by atoms with van der Waals surface area (Å²) in [6, 6.07) is 4.54. The summed E-state index contributed by atoms with van der Waals surface area (Å²) in [4.78, 5) is 0. The predicted molar refractivity (Wildman–Crippen MR) is 58.1 cm³/mol. The van der Waals surface area contributed by atoms with Crippen LogP contribution in [0.3, 0.4) is 0 Å². The van der Waals surface area contributed by atoms with Crippen molar-refractivity contribution in [2.45, 2.75) is 32.2 Å². The fraction of sp³-hybridized carbons (Fsp3) is 0.455. The van der Waals surface area contributed by atoms with Gasteiger partial charge in [0.2, 0.25) is 0 Å². The Morgan fingerprint density at radius 2 is 2.07 bits per heavy atom. The molecule has 14 heavy (non-hydrogen) atoms. The molecule has 0 aliphatic carbocycles. The smallest absolute Gasteiger partial charge is 0.123 e. The van der Waals surface area contributed by atoms with Crippen LogP contribution in [-0.4, -0.2) is 6.04 Å². The number of hydrogen-bond donors (Lipinski definition) is 1. The summed E-state index contributed by atoms with van der Waals surface area (Å²) < 4.78 is 13.0. The van der Waals surface area contributed by atoms with Crippen LogP contribution in [0.2, 0.25) is 5.02 Å². The van der Waals surface area contributed by atoms with Crippen LogP contribution in [0.25, 0.3) is 0 Å². The number of nitrogens with two attached hydrogens (primary N) is 1. The van der Waals surface area contributed by atoms with E-state index < -0.39 is 0 Å². The third kappa shape index (κ3) is 2.96. The fourth-order valence-electron chi connectivity index (χ4n) is 1.58. The molecule has 1 aromatic rings. The van der Waals surface area contributed by atoms with Crippen LogP contribution in [0.4, 0.5) is 4.39 Å². The van der Waals surface area contributed by atoms with E-state index in [4.69, 9.17) is 17.3 Å². The molecule has 1 rings (SSSR count). The van der Waals surface area contributed by atoms with Crippen LogP contribution in [-0.2, 0) is 0 Å². The molecule has 0 aliphatic heterocycles. The van der Waals surface area contributed by atoms with Crippen molar-refractivity contribution in [2.75, 3.05) is 0 Å². The summed E-state index contributed by atoms with van der Waals surface area (Å²) in [6.45, 7) is 3.94. The Hall–Kier alpha value is -0.600. The summed E-state index contributed by atoms with van der Waals surface area (Å²) in [5.41, 5.74) is 6.52. The standard InChI is InChI=1S/C11H15ClFN/c1-7(5-8(2)14)10-6-9(13)3-4-11(10)12/h3-4,6-8H,5,14H2,1-2H3. The summed E-state index contributed by atoms with van der Waals surface area (Å²) in [5, 5.41) is 0.611. The molecule has 2 atom stereocenters. The lowest BCUT2D eigenvalue weighted by atomic mass is 9.95. The van der Waals surface area contributed by atoms with Crippen molar-refractivity contribution in [3.63, 3.8) is 0 Å². The Morgan fingerprint density at radius 1 is 1.43 bits per heavy atom. The minimum absolute atomic E-state index is 0.101. The molecular weight excluding hydrogens is 201 g/mol. The molecular formula is C11H15ClFN. The number of rotatable bonds is 3. The van der Waals surface area contributed by atoms with Gasteiger partial charge in [-0.3, -0.25) is 0 Å². The van der Waals surface area contributed by atoms with Gasteiger partial charge in [-0.05, 0) is 43.0 Å². The van der Waals surface area contributed by atoms with Gasteiger partial charge in [-0.25, -0.2) is 4.39 Å². The molecule has 0 saturated heterocycles. The maximum Gasteiger partial charge on any atom is 0.123 e. The molecule has 0 spiro atoms. The maximum atomic E-state index is 13.0. The Kier molecular flexibility index (Phi) is 3.90. The zero-order valence-electron chi connectivity index (χ0n) is 8.43. The van der Waals surface area contributed by atoms with Crippen LogP contribution in [0.1, 0.15) is 31.7 Å². The molecule has 0 aromatic heterocycles. The highest BCUT2D eigenvalue weighted by Gasteiger charge is 2.12. The van der Waals surface area contributed by atoms with Crippen LogP contribution in [0.5, 0.6) is 0 Å². The maximum absolute atomic E-state index is 13.0. The van der Waals surface area contributed by atoms with Gasteiger partial charge in [0.25, 0.3) is 0 Å². The van der Waals surface area contributed by atoms with Crippen molar-refractivity contribution in [3.05, 3.63) is 34.6 Å². The van der Waals surface area contributed by atoms with E-state index in [1.165, 1.54) is 12.1 Å². The number of benzene rings is 1. The molecule has 0 heterocycles. The molecule has 0 fully saturated rings. The molecule has 1 aromatic carbocycles. The van der Waals surface area contributed by atoms with E-state index in [1.807, 2.05) is 13.8 Å². The zero-order chi connectivity index (χ0) is 10.7. The molecule has 1 nitrogen and oxygen atoms in total. The molecule has 0 amide bonds. The van der Waals surface area contributed by atoms with Gasteiger partial charge in [-0.2, -0.15) is 0 Å². The highest BCUT2D eigenvalue weighted by molar-refractivity contribution is 6.31. The van der Waals surface area contributed by atoms with Gasteiger partial charge in [0.05, 0.1) is 0 Å². The molecule has 0 radical (unpaired) electrons. The minimum Gasteiger partial charge on any atom is -0.328 e. The van der Waals surface area contributed by atoms with Crippen LogP contribution < -0.4 is 5.73 Å². The third-order valence-corrected chi connectivity index (χ3v) is 2.56. The van der Waals surface area contributed by atoms with E-state index in [9.17, 15) is 4.39 Å². The van der Waals surface area contributed by atoms with Crippen molar-refractivity contribution in [3.8, 4) is 0 Å². The van der Waals surface area contributed by atoms with E-state index in [0.29, 0.717) is 5.02 Å². The molecule has 78 valence electrons. The second kappa shape index (κ2) is 4.76. The van der Waals surface area contributed by atoms with Gasteiger partial charge in [-0.1, -0.05) is 18.5 Å². The average Bonchev–Trinajstić information content (AvgIpc) is 2.08. The Bertz CT molecular complexity index is 312. The van der Waals surface area contributed by atoms with Crippen molar-refractivity contribution < 1.29 is 4.39 Å². The summed E-state index contributed by atoms with van der Waals surface area (Å²) in [6.07, 6.45) is 0.809. The van der Waals surface area contributed by atoms with Gasteiger partial charge < -0.3 is 5.73 Å². The molecule has 0 aliphatic rings. The first-order chi connectivity index (χ1) is 6.50. The van der Waals surface area contributed by atoms with Crippen molar-refractivity contribution >= 4 is 11.6 Å². The normalized spacial score (nSPS) is 15.2. The summed E-state index contributed by atoms with van der Waals surface area (Å²) >= 11 is 5.97. The fourth-order valence-corrected chi connectivity index (χ4v) is 1.88. The first-order valence-corrected chi connectivity index (χ1v) is 5.09. The first kappa shape index (κ1) is 11.5. The Morgan fingerprint density at radius 3 is 2.64 bits per heavy atom. The van der Waals surface area contributed by atoms with Crippen LogP contribution >= 0.6 is 11.6 Å². The monoisotopic (exact) mass is 215 g/mol. The Labute approximate surface area is 89.1 Å². The second-order valence-corrected chi connectivity index (χ2v) is 4.19. The zero-order valence-corrected chi connectivity index (χ0v) is 9.18. The SMILES string of the molecule is CC(N)CC(C)c1cc(F)ccc1Cl. The van der Waals surface area contributed by atoms with E-state index in [2.05, 4.69) is 0 Å². The molecule has 2 unspecified atom stereocenters. The highest BCUT2D eigenvalue weighted by Crippen LogP contribution is 2.27. The molecule has 2 N–H and O–H groups in total. The van der Waals surface area contributed by atoms with Gasteiger partial charge >= 0.3 is 0 Å². The van der Waals surface area contributed by atoms with E-state index >= 15 is 0 Å². The second-order valence-electron chi connectivity index (χ2n) is 3.78. The number of hydrogen-bond acceptors (Lipinski definition) is 1. The van der Waals surface area contributed by atoms with Gasteiger partial charge in [0.15, 0.2) is 0 Å². The minimum atomic E-state index is -0.249. The van der Waals surface area contributed by atoms with Crippen LogP contribution in [0.15, 0.2) is 18.2 Å². The molecule has 0 bridgehead atoms. The lowest BCUT2D eigenvalue weighted by Crippen LogP contribution is -2.17. The predicted octanol–water partition coefficient (Wildman–Crippen LogP) is 3.32. The van der Waals surface area contributed by atoms with Crippen molar-refractivity contribution in [2.24, 2.45) is 5.73 Å². The molecule has 0 saturated carbocycles. The van der Waals surface area contributed by atoms with Gasteiger partial charge in [0, 0.05) is 11.1 Å². The van der Waals surface area contributed by atoms with E-state index in [-0.39, 0.29) is 17.8 Å². The first-order valence-electron chi connectivity index (χ1n) is 4.71. The summed E-state index contributed by atoms with van der Waals surface area (Å²) in [7, 11) is 0. The third-order valence-electron chi connectivity index (χ3n) is 2.21. The lowest BCUT2D eigenvalue weighted by molar-refractivity contribution is 0.577. The number of halogens is 2. The average molecular weight is 216 g/mol. The van der Waals surface area contributed by atoms with Crippen molar-refractivity contribution in [1.29, 1.82) is 0 Å².